The van der Waals surface area contributed by atoms with E-state index in [1.165, 1.54) is 17.4 Å². The Morgan fingerprint density at radius 3 is 2.00 bits per heavy atom. The maximum absolute atomic E-state index is 11.9. The van der Waals surface area contributed by atoms with Gasteiger partial charge in [-0.15, -0.1) is 0 Å². The molecule has 0 aliphatic carbocycles. The quantitative estimate of drug-likeness (QED) is 0.433. The molecule has 0 amide bonds. The first-order chi connectivity index (χ1) is 15.5. The summed E-state index contributed by atoms with van der Waals surface area (Å²) in [6.07, 6.45) is 1.24. The molecule has 0 atom stereocenters. The van der Waals surface area contributed by atoms with E-state index >= 15 is 0 Å². The average Bonchev–Trinajstić information content (AvgIpc) is 3.24. The lowest BCUT2D eigenvalue weighted by molar-refractivity contribution is 0.212. The second-order valence-corrected chi connectivity index (χ2v) is 11.2. The molecule has 0 spiro atoms. The topological polar surface area (TPSA) is 53.5 Å². The van der Waals surface area contributed by atoms with Crippen LogP contribution in [0.25, 0.3) is 10.2 Å². The molecule has 0 radical (unpaired) electrons. The number of hydrogen-bond acceptors (Lipinski definition) is 6. The van der Waals surface area contributed by atoms with Gasteiger partial charge in [0.25, 0.3) is 0 Å². The van der Waals surface area contributed by atoms with Crippen LogP contribution in [0, 0.1) is 0 Å². The highest BCUT2D eigenvalue weighted by atomic mass is 32.2. The maximum atomic E-state index is 11.9. The fraction of sp³-hybridized carbons (Fsp3) is 0.240. The second-order valence-electron chi connectivity index (χ2n) is 8.15. The fourth-order valence-corrected chi connectivity index (χ4v) is 6.09. The zero-order chi connectivity index (χ0) is 22.1. The Balaban J connectivity index is 1.37. The third-order valence-corrected chi connectivity index (χ3v) is 8.15. The molecule has 5 rings (SSSR count). The molecule has 32 heavy (non-hydrogen) atoms. The third-order valence-electron chi connectivity index (χ3n) is 5.96. The van der Waals surface area contributed by atoms with Gasteiger partial charge >= 0.3 is 0 Å². The highest BCUT2D eigenvalue weighted by Crippen LogP contribution is 2.33. The van der Waals surface area contributed by atoms with Crippen LogP contribution in [-0.2, 0) is 9.84 Å². The number of piperazine rings is 1. The minimum Gasteiger partial charge on any atom is -0.345 e. The Kier molecular flexibility index (Phi) is 5.71. The van der Waals surface area contributed by atoms with E-state index in [1.807, 2.05) is 6.07 Å². The van der Waals surface area contributed by atoms with Gasteiger partial charge in [0.1, 0.15) is 0 Å². The predicted molar refractivity (Wildman–Crippen MR) is 131 cm³/mol. The summed E-state index contributed by atoms with van der Waals surface area (Å²) in [5, 5.41) is 0.960. The van der Waals surface area contributed by atoms with Gasteiger partial charge in [0.2, 0.25) is 0 Å². The van der Waals surface area contributed by atoms with E-state index < -0.39 is 9.84 Å². The molecule has 0 unspecified atom stereocenters. The van der Waals surface area contributed by atoms with Crippen LogP contribution < -0.4 is 4.90 Å². The molecule has 164 valence electrons. The van der Waals surface area contributed by atoms with Crippen molar-refractivity contribution in [1.82, 2.24) is 9.88 Å². The van der Waals surface area contributed by atoms with Crippen LogP contribution in [0.2, 0.25) is 0 Å². The number of benzene rings is 3. The molecule has 7 heteroatoms. The standard InChI is InChI=1S/C25H25N3O2S2/c1-32(29,30)21-12-13-22-23(18-21)31-25(26-22)28-16-14-27(15-17-28)24(19-8-4-2-5-9-19)20-10-6-3-7-11-20/h2-13,18,24H,14-17H2,1H3. The summed E-state index contributed by atoms with van der Waals surface area (Å²) in [5.74, 6) is 0. The number of anilines is 1. The molecule has 0 N–H and O–H groups in total. The minimum absolute atomic E-state index is 0.229. The van der Waals surface area contributed by atoms with Crippen LogP contribution in [0.15, 0.2) is 83.8 Å². The van der Waals surface area contributed by atoms with Gasteiger partial charge in [-0.05, 0) is 29.3 Å². The highest BCUT2D eigenvalue weighted by Gasteiger charge is 2.27. The molecular weight excluding hydrogens is 438 g/mol. The first-order valence-corrected chi connectivity index (χ1v) is 13.4. The Morgan fingerprint density at radius 2 is 1.44 bits per heavy atom. The molecule has 2 heterocycles. The zero-order valence-electron chi connectivity index (χ0n) is 17.9. The zero-order valence-corrected chi connectivity index (χ0v) is 19.5. The maximum Gasteiger partial charge on any atom is 0.186 e. The van der Waals surface area contributed by atoms with Gasteiger partial charge in [-0.25, -0.2) is 13.4 Å². The van der Waals surface area contributed by atoms with Crippen molar-refractivity contribution < 1.29 is 8.42 Å². The van der Waals surface area contributed by atoms with Gasteiger partial charge in [0.05, 0.1) is 21.2 Å². The van der Waals surface area contributed by atoms with Crippen LogP contribution in [-0.4, -0.2) is 50.7 Å². The number of thiazole rings is 1. The van der Waals surface area contributed by atoms with Crippen LogP contribution in [0.3, 0.4) is 0 Å². The van der Waals surface area contributed by atoms with E-state index in [9.17, 15) is 8.42 Å². The Labute approximate surface area is 192 Å². The molecule has 0 saturated carbocycles. The lowest BCUT2D eigenvalue weighted by Gasteiger charge is -2.39. The molecular formula is C25H25N3O2S2. The second kappa shape index (κ2) is 8.65. The Morgan fingerprint density at radius 1 is 0.844 bits per heavy atom. The van der Waals surface area contributed by atoms with Crippen molar-refractivity contribution in [3.8, 4) is 0 Å². The number of aromatic nitrogens is 1. The average molecular weight is 464 g/mol. The summed E-state index contributed by atoms with van der Waals surface area (Å²) in [4.78, 5) is 9.97. The van der Waals surface area contributed by atoms with Gasteiger partial charge in [-0.3, -0.25) is 4.90 Å². The number of nitrogens with zero attached hydrogens (tertiary/aromatic N) is 3. The van der Waals surface area contributed by atoms with Crippen LogP contribution >= 0.6 is 11.3 Å². The predicted octanol–water partition coefficient (Wildman–Crippen LogP) is 4.61. The number of sulfone groups is 1. The van der Waals surface area contributed by atoms with Gasteiger partial charge in [0.15, 0.2) is 15.0 Å². The van der Waals surface area contributed by atoms with Crippen LogP contribution in [0.4, 0.5) is 5.13 Å². The van der Waals surface area contributed by atoms with E-state index in [1.54, 1.807) is 23.5 Å². The lowest BCUT2D eigenvalue weighted by atomic mass is 9.96. The Bertz CT molecular complexity index is 1270. The van der Waals surface area contributed by atoms with E-state index in [0.717, 1.165) is 41.5 Å². The van der Waals surface area contributed by atoms with Crippen LogP contribution in [0.1, 0.15) is 17.2 Å². The molecule has 1 aliphatic rings. The summed E-state index contributed by atoms with van der Waals surface area (Å²) < 4.78 is 24.7. The molecule has 1 aromatic heterocycles. The van der Waals surface area contributed by atoms with Crippen molar-refractivity contribution in [3.63, 3.8) is 0 Å². The summed E-state index contributed by atoms with van der Waals surface area (Å²) in [6, 6.07) is 26.8. The molecule has 0 bridgehead atoms. The van der Waals surface area contributed by atoms with Crippen molar-refractivity contribution in [2.45, 2.75) is 10.9 Å². The van der Waals surface area contributed by atoms with E-state index in [4.69, 9.17) is 4.98 Å². The molecule has 5 nitrogen and oxygen atoms in total. The molecule has 1 saturated heterocycles. The first kappa shape index (κ1) is 21.1. The molecule has 3 aromatic carbocycles. The summed E-state index contributed by atoms with van der Waals surface area (Å²) in [5.41, 5.74) is 3.46. The summed E-state index contributed by atoms with van der Waals surface area (Å²) in [7, 11) is -3.22. The van der Waals surface area contributed by atoms with Crippen molar-refractivity contribution in [2.24, 2.45) is 0 Å². The van der Waals surface area contributed by atoms with E-state index in [0.29, 0.717) is 4.90 Å². The minimum atomic E-state index is -3.22. The summed E-state index contributed by atoms with van der Waals surface area (Å²) >= 11 is 1.57. The number of fused-ring (bicyclic) bond motifs is 1. The van der Waals surface area contributed by atoms with E-state index in [2.05, 4.69) is 70.5 Å². The number of hydrogen-bond donors (Lipinski definition) is 0. The SMILES string of the molecule is CS(=O)(=O)c1ccc2nc(N3CCN(C(c4ccccc4)c4ccccc4)CC3)sc2c1. The number of rotatable bonds is 5. The monoisotopic (exact) mass is 463 g/mol. The van der Waals surface area contributed by atoms with Gasteiger partial charge < -0.3 is 4.90 Å². The van der Waals surface area contributed by atoms with Crippen LogP contribution in [0.5, 0.6) is 0 Å². The van der Waals surface area contributed by atoms with Crippen molar-refractivity contribution in [2.75, 3.05) is 37.3 Å². The van der Waals surface area contributed by atoms with Crippen molar-refractivity contribution in [3.05, 3.63) is 90.0 Å². The lowest BCUT2D eigenvalue weighted by Crippen LogP contribution is -2.47. The first-order valence-electron chi connectivity index (χ1n) is 10.7. The Hall–Kier alpha value is -2.74. The highest BCUT2D eigenvalue weighted by molar-refractivity contribution is 7.90. The third kappa shape index (κ3) is 4.28. The molecule has 1 aliphatic heterocycles. The van der Waals surface area contributed by atoms with Gasteiger partial charge in [0, 0.05) is 32.4 Å². The smallest absolute Gasteiger partial charge is 0.186 e. The van der Waals surface area contributed by atoms with Gasteiger partial charge in [-0.2, -0.15) is 0 Å². The largest absolute Gasteiger partial charge is 0.345 e. The molecule has 1 fully saturated rings. The van der Waals surface area contributed by atoms with E-state index in [-0.39, 0.29) is 6.04 Å². The normalized spacial score (nSPS) is 15.5. The van der Waals surface area contributed by atoms with Crippen molar-refractivity contribution in [1.29, 1.82) is 0 Å². The fourth-order valence-electron chi connectivity index (χ4n) is 4.31. The van der Waals surface area contributed by atoms with Crippen molar-refractivity contribution >= 4 is 36.5 Å². The summed E-state index contributed by atoms with van der Waals surface area (Å²) in [6.45, 7) is 3.63. The van der Waals surface area contributed by atoms with Gasteiger partial charge in [-0.1, -0.05) is 72.0 Å². The molecule has 4 aromatic rings.